The van der Waals surface area contributed by atoms with Gasteiger partial charge in [0.25, 0.3) is 0 Å². The number of rotatable bonds is 9. The number of benzene rings is 3. The van der Waals surface area contributed by atoms with Crippen molar-refractivity contribution in [2.75, 3.05) is 13.7 Å². The Bertz CT molecular complexity index is 1500. The van der Waals surface area contributed by atoms with Gasteiger partial charge in [0, 0.05) is 12.1 Å². The molecule has 12 heteroatoms. The molecule has 1 aliphatic rings. The van der Waals surface area contributed by atoms with E-state index in [4.69, 9.17) is 9.47 Å². The fraction of sp³-hybridized carbons (Fsp3) is 0.321. The number of nitrogens with zero attached hydrogens (tertiary/aromatic N) is 1. The zero-order chi connectivity index (χ0) is 29.3. The summed E-state index contributed by atoms with van der Waals surface area (Å²) in [4.78, 5) is 11.6. The Hall–Kier alpha value is -3.77. The third-order valence-electron chi connectivity index (χ3n) is 6.41. The van der Waals surface area contributed by atoms with Crippen LogP contribution in [0.1, 0.15) is 31.4 Å². The van der Waals surface area contributed by atoms with E-state index < -0.39 is 28.9 Å². The van der Waals surface area contributed by atoms with Crippen LogP contribution >= 0.6 is 0 Å². The maximum Gasteiger partial charge on any atom is 0.573 e. The second-order valence-corrected chi connectivity index (χ2v) is 11.8. The molecule has 214 valence electrons. The van der Waals surface area contributed by atoms with Crippen LogP contribution in [0.3, 0.4) is 0 Å². The number of alkyl halides is 3. The van der Waals surface area contributed by atoms with Crippen molar-refractivity contribution in [1.82, 2.24) is 4.31 Å². The first-order valence-corrected chi connectivity index (χ1v) is 13.7. The van der Waals surface area contributed by atoms with Crippen molar-refractivity contribution in [2.45, 2.75) is 50.1 Å². The molecule has 0 aliphatic carbocycles. The molecule has 0 unspecified atom stereocenters. The quantitative estimate of drug-likeness (QED) is 0.350. The van der Waals surface area contributed by atoms with E-state index in [1.165, 1.54) is 31.4 Å². The third kappa shape index (κ3) is 6.86. The van der Waals surface area contributed by atoms with Crippen molar-refractivity contribution in [3.63, 3.8) is 0 Å². The summed E-state index contributed by atoms with van der Waals surface area (Å²) in [5, 5.41) is 9.54. The molecule has 0 fully saturated rings. The van der Waals surface area contributed by atoms with E-state index in [0.29, 0.717) is 46.6 Å². The molecule has 8 nitrogen and oxygen atoms in total. The Morgan fingerprint density at radius 1 is 1.05 bits per heavy atom. The van der Waals surface area contributed by atoms with Crippen LogP contribution in [0.4, 0.5) is 13.2 Å². The molecule has 1 aliphatic heterocycles. The largest absolute Gasteiger partial charge is 0.573 e. The molecule has 40 heavy (non-hydrogen) atoms. The minimum atomic E-state index is -4.82. The summed E-state index contributed by atoms with van der Waals surface area (Å²) in [6.07, 6.45) is -3.53. The number of halogens is 3. The van der Waals surface area contributed by atoms with Crippen LogP contribution in [0.15, 0.2) is 65.6 Å². The second-order valence-electron chi connectivity index (χ2n) is 9.90. The molecular formula is C28H28F3NO7S. The lowest BCUT2D eigenvalue weighted by molar-refractivity contribution is -0.274. The molecule has 1 N–H and O–H groups in total. The summed E-state index contributed by atoms with van der Waals surface area (Å²) in [5.41, 5.74) is 1.78. The van der Waals surface area contributed by atoms with Crippen molar-refractivity contribution < 1.29 is 45.7 Å². The third-order valence-corrected chi connectivity index (χ3v) is 8.20. The van der Waals surface area contributed by atoms with Gasteiger partial charge in [-0.25, -0.2) is 8.42 Å². The monoisotopic (exact) mass is 579 g/mol. The van der Waals surface area contributed by atoms with Crippen LogP contribution in [-0.4, -0.2) is 49.4 Å². The van der Waals surface area contributed by atoms with Crippen LogP contribution < -0.4 is 14.2 Å². The smallest absolute Gasteiger partial charge is 0.496 e. The van der Waals surface area contributed by atoms with Crippen molar-refractivity contribution in [1.29, 1.82) is 0 Å². The number of carboxylic acids is 1. The summed E-state index contributed by atoms with van der Waals surface area (Å²) >= 11 is 0. The number of sulfonamides is 1. The zero-order valence-corrected chi connectivity index (χ0v) is 22.8. The van der Waals surface area contributed by atoms with Crippen LogP contribution in [0.5, 0.6) is 17.2 Å². The average molecular weight is 580 g/mol. The standard InChI is InChI=1S/C28H28F3NO7S/c1-27(2)13-12-20-15-23(9-11-25(20)39-27)40(35,36)32(17-26(33)34)16-21-14-19(6-10-24(21)37-3)18-4-7-22(8-5-18)38-28(29,30)31/h4-11,14-15H,12-13,16-17H2,1-3H3,(H,33,34). The first kappa shape index (κ1) is 29.2. The lowest BCUT2D eigenvalue weighted by Gasteiger charge is -2.33. The van der Waals surface area contributed by atoms with E-state index in [9.17, 15) is 31.5 Å². The molecule has 0 atom stereocenters. The molecule has 0 aromatic heterocycles. The molecule has 0 saturated carbocycles. The average Bonchev–Trinajstić information content (AvgIpc) is 2.86. The number of aliphatic carboxylic acids is 1. The Kier molecular flexibility index (Phi) is 8.04. The summed E-state index contributed by atoms with van der Waals surface area (Å²) in [7, 11) is -2.87. The zero-order valence-electron chi connectivity index (χ0n) is 22.0. The highest BCUT2D eigenvalue weighted by atomic mass is 32.2. The highest BCUT2D eigenvalue weighted by molar-refractivity contribution is 7.89. The van der Waals surface area contributed by atoms with Crippen LogP contribution in [0.2, 0.25) is 0 Å². The molecular weight excluding hydrogens is 551 g/mol. The fourth-order valence-electron chi connectivity index (χ4n) is 4.44. The number of fused-ring (bicyclic) bond motifs is 1. The van der Waals surface area contributed by atoms with Gasteiger partial charge in [-0.3, -0.25) is 4.79 Å². The normalized spacial score (nSPS) is 14.8. The van der Waals surface area contributed by atoms with Gasteiger partial charge < -0.3 is 19.3 Å². The first-order chi connectivity index (χ1) is 18.7. The van der Waals surface area contributed by atoms with Crippen LogP contribution in [-0.2, 0) is 27.8 Å². The highest BCUT2D eigenvalue weighted by Gasteiger charge is 2.32. The van der Waals surface area contributed by atoms with Gasteiger partial charge in [-0.05, 0) is 85.8 Å². The van der Waals surface area contributed by atoms with Gasteiger partial charge in [0.05, 0.1) is 12.0 Å². The second kappa shape index (κ2) is 11.0. The number of hydrogen-bond donors (Lipinski definition) is 1. The van der Waals surface area contributed by atoms with Crippen molar-refractivity contribution in [3.05, 3.63) is 71.8 Å². The van der Waals surface area contributed by atoms with Gasteiger partial charge in [0.1, 0.15) is 29.4 Å². The Morgan fingerprint density at radius 3 is 2.35 bits per heavy atom. The predicted octanol–water partition coefficient (Wildman–Crippen LogP) is 5.64. The summed E-state index contributed by atoms with van der Waals surface area (Å²) in [5.74, 6) is -0.835. The minimum Gasteiger partial charge on any atom is -0.496 e. The van der Waals surface area contributed by atoms with Crippen molar-refractivity contribution in [3.8, 4) is 28.4 Å². The Labute approximate surface area is 230 Å². The van der Waals surface area contributed by atoms with E-state index in [2.05, 4.69) is 4.74 Å². The molecule has 0 spiro atoms. The van der Waals surface area contributed by atoms with E-state index in [-0.39, 0.29) is 22.8 Å². The summed E-state index contributed by atoms with van der Waals surface area (Å²) in [6.45, 7) is 2.75. The first-order valence-electron chi connectivity index (χ1n) is 12.2. The fourth-order valence-corrected chi connectivity index (χ4v) is 5.86. The minimum absolute atomic E-state index is 0.0637. The molecule has 3 aromatic rings. The number of ether oxygens (including phenoxy) is 3. The number of hydrogen-bond acceptors (Lipinski definition) is 6. The van der Waals surface area contributed by atoms with Gasteiger partial charge >= 0.3 is 12.3 Å². The molecule has 4 rings (SSSR count). The number of carbonyl (C=O) groups is 1. The van der Waals surface area contributed by atoms with Gasteiger partial charge in [-0.15, -0.1) is 13.2 Å². The highest BCUT2D eigenvalue weighted by Crippen LogP contribution is 2.36. The lowest BCUT2D eigenvalue weighted by Crippen LogP contribution is -2.36. The molecule has 3 aromatic carbocycles. The van der Waals surface area contributed by atoms with Crippen LogP contribution in [0, 0.1) is 0 Å². The summed E-state index contributed by atoms with van der Waals surface area (Å²) in [6, 6.07) is 14.5. The van der Waals surface area contributed by atoms with E-state index in [1.807, 2.05) is 13.8 Å². The number of aryl methyl sites for hydroxylation is 1. The molecule has 0 radical (unpaired) electrons. The Morgan fingerprint density at radius 2 is 1.73 bits per heavy atom. The molecule has 0 saturated heterocycles. The van der Waals surface area contributed by atoms with E-state index in [1.54, 1.807) is 24.3 Å². The van der Waals surface area contributed by atoms with Gasteiger partial charge in [-0.2, -0.15) is 4.31 Å². The maximum atomic E-state index is 13.7. The lowest BCUT2D eigenvalue weighted by atomic mass is 9.94. The topological polar surface area (TPSA) is 102 Å². The SMILES string of the molecule is COc1ccc(-c2ccc(OC(F)(F)F)cc2)cc1CN(CC(=O)O)S(=O)(=O)c1ccc2c(c1)CCC(C)(C)O2. The molecule has 0 amide bonds. The summed E-state index contributed by atoms with van der Waals surface area (Å²) < 4.78 is 80.9. The molecule has 1 heterocycles. The van der Waals surface area contributed by atoms with E-state index >= 15 is 0 Å². The van der Waals surface area contributed by atoms with Crippen molar-refractivity contribution in [2.24, 2.45) is 0 Å². The molecule has 0 bridgehead atoms. The Balaban J connectivity index is 1.66. The number of carboxylic acid groups (broad SMARTS) is 1. The van der Waals surface area contributed by atoms with Gasteiger partial charge in [0.15, 0.2) is 0 Å². The maximum absolute atomic E-state index is 13.7. The van der Waals surface area contributed by atoms with Gasteiger partial charge in [0.2, 0.25) is 10.0 Å². The number of methoxy groups -OCH3 is 1. The van der Waals surface area contributed by atoms with Crippen molar-refractivity contribution >= 4 is 16.0 Å². The van der Waals surface area contributed by atoms with Crippen LogP contribution in [0.25, 0.3) is 11.1 Å². The van der Waals surface area contributed by atoms with Gasteiger partial charge in [-0.1, -0.05) is 18.2 Å². The predicted molar refractivity (Wildman–Crippen MR) is 140 cm³/mol. The van der Waals surface area contributed by atoms with E-state index in [0.717, 1.165) is 16.4 Å².